The first kappa shape index (κ1) is 20.8. The molecule has 1 unspecified atom stereocenters. The molecular weight excluding hydrogens is 394 g/mol. The Bertz CT molecular complexity index is 1030. The van der Waals surface area contributed by atoms with Gasteiger partial charge in [-0.25, -0.2) is 8.42 Å². The van der Waals surface area contributed by atoms with Gasteiger partial charge in [-0.15, -0.1) is 0 Å². The Morgan fingerprint density at radius 1 is 1.14 bits per heavy atom. The first-order valence-electron chi connectivity index (χ1n) is 9.05. The minimum Gasteiger partial charge on any atom is -0.375 e. The van der Waals surface area contributed by atoms with Crippen molar-refractivity contribution in [2.24, 2.45) is 0 Å². The van der Waals surface area contributed by atoms with Crippen LogP contribution in [0, 0.1) is 0 Å². The van der Waals surface area contributed by atoms with E-state index in [0.29, 0.717) is 17.8 Å². The molecule has 9 heteroatoms. The summed E-state index contributed by atoms with van der Waals surface area (Å²) < 4.78 is 32.8. The van der Waals surface area contributed by atoms with Crippen LogP contribution in [0.1, 0.15) is 19.4 Å². The fourth-order valence-electron chi connectivity index (χ4n) is 3.42. The van der Waals surface area contributed by atoms with Crippen molar-refractivity contribution in [1.82, 2.24) is 0 Å². The summed E-state index contributed by atoms with van der Waals surface area (Å²) >= 11 is 0. The van der Waals surface area contributed by atoms with E-state index >= 15 is 0 Å². The highest BCUT2D eigenvalue weighted by atomic mass is 32.2. The Morgan fingerprint density at radius 2 is 1.79 bits per heavy atom. The highest BCUT2D eigenvalue weighted by molar-refractivity contribution is 7.92. The molecule has 2 aromatic rings. The average molecular weight is 417 g/mol. The van der Waals surface area contributed by atoms with Gasteiger partial charge in [-0.1, -0.05) is 0 Å². The molecule has 0 aliphatic carbocycles. The molecule has 0 bridgehead atoms. The van der Waals surface area contributed by atoms with Gasteiger partial charge in [0.15, 0.2) is 0 Å². The summed E-state index contributed by atoms with van der Waals surface area (Å²) in [6.07, 6.45) is 0.605. The number of nitrogens with zero attached hydrogens (tertiary/aromatic N) is 1. The highest BCUT2D eigenvalue weighted by Crippen LogP contribution is 2.34. The van der Waals surface area contributed by atoms with E-state index in [4.69, 9.17) is 4.74 Å². The minimum atomic E-state index is -3.80. The van der Waals surface area contributed by atoms with Gasteiger partial charge < -0.3 is 15.0 Å². The Balaban J connectivity index is 1.76. The lowest BCUT2D eigenvalue weighted by Crippen LogP contribution is -2.33. The van der Waals surface area contributed by atoms with E-state index in [2.05, 4.69) is 10.0 Å². The average Bonchev–Trinajstić information content (AvgIpc) is 2.98. The van der Waals surface area contributed by atoms with Gasteiger partial charge in [-0.3, -0.25) is 14.3 Å². The number of rotatable bonds is 6. The smallest absolute Gasteiger partial charge is 0.261 e. The Labute approximate surface area is 169 Å². The molecule has 1 heterocycles. The molecule has 1 aliphatic heterocycles. The van der Waals surface area contributed by atoms with E-state index in [1.165, 1.54) is 20.1 Å². The van der Waals surface area contributed by atoms with Crippen molar-refractivity contribution in [3.8, 4) is 0 Å². The third-order valence-electron chi connectivity index (χ3n) is 4.61. The lowest BCUT2D eigenvalue weighted by molar-refractivity contribution is -0.119. The van der Waals surface area contributed by atoms with Crippen LogP contribution in [0.2, 0.25) is 0 Å². The van der Waals surface area contributed by atoms with Gasteiger partial charge in [0.05, 0.1) is 4.90 Å². The second-order valence-electron chi connectivity index (χ2n) is 6.90. The van der Waals surface area contributed by atoms with Crippen molar-refractivity contribution in [2.45, 2.75) is 31.2 Å². The summed E-state index contributed by atoms with van der Waals surface area (Å²) in [7, 11) is -2.37. The van der Waals surface area contributed by atoms with Crippen LogP contribution in [0.15, 0.2) is 47.4 Å². The molecule has 29 heavy (non-hydrogen) atoms. The fourth-order valence-corrected chi connectivity index (χ4v) is 4.53. The first-order chi connectivity index (χ1) is 13.7. The predicted octanol–water partition coefficient (Wildman–Crippen LogP) is 2.37. The Morgan fingerprint density at radius 3 is 2.41 bits per heavy atom. The fraction of sp³-hybridized carbons (Fsp3) is 0.300. The van der Waals surface area contributed by atoms with E-state index in [-0.39, 0.29) is 29.4 Å². The lowest BCUT2D eigenvalue weighted by atomic mass is 10.1. The van der Waals surface area contributed by atoms with Crippen LogP contribution >= 0.6 is 0 Å². The summed E-state index contributed by atoms with van der Waals surface area (Å²) in [6, 6.07) is 11.1. The maximum absolute atomic E-state index is 12.8. The molecule has 2 aromatic carbocycles. The van der Waals surface area contributed by atoms with Crippen molar-refractivity contribution in [1.29, 1.82) is 0 Å². The maximum Gasteiger partial charge on any atom is 0.261 e. The number of ether oxygens (including phenoxy) is 1. The van der Waals surface area contributed by atoms with Crippen LogP contribution in [0.4, 0.5) is 17.1 Å². The molecule has 0 radical (unpaired) electrons. The molecule has 0 fully saturated rings. The molecule has 2 amide bonds. The molecule has 3 rings (SSSR count). The number of fused-ring (bicyclic) bond motifs is 1. The zero-order valence-electron chi connectivity index (χ0n) is 16.4. The lowest BCUT2D eigenvalue weighted by Gasteiger charge is -2.20. The van der Waals surface area contributed by atoms with E-state index in [1.54, 1.807) is 41.3 Å². The number of anilines is 3. The van der Waals surface area contributed by atoms with Gasteiger partial charge in [0.1, 0.15) is 6.61 Å². The largest absolute Gasteiger partial charge is 0.375 e. The molecule has 2 N–H and O–H groups in total. The first-order valence-corrected chi connectivity index (χ1v) is 10.5. The zero-order valence-corrected chi connectivity index (χ0v) is 17.2. The molecular formula is C20H23N3O5S. The summed E-state index contributed by atoms with van der Waals surface area (Å²) in [5, 5.41) is 2.64. The number of methoxy groups -OCH3 is 1. The van der Waals surface area contributed by atoms with Gasteiger partial charge in [0.2, 0.25) is 11.8 Å². The highest BCUT2D eigenvalue weighted by Gasteiger charge is 2.30. The molecule has 1 atom stereocenters. The van der Waals surface area contributed by atoms with Gasteiger partial charge in [-0.05, 0) is 61.4 Å². The number of hydrogen-bond donors (Lipinski definition) is 2. The SMILES string of the molecule is COCC(=O)Nc1ccc(NS(=O)(=O)c2ccc3c(c2)CC(C)N3C(C)=O)cc1. The topological polar surface area (TPSA) is 105 Å². The van der Waals surface area contributed by atoms with Crippen molar-refractivity contribution in [2.75, 3.05) is 28.7 Å². The molecule has 0 saturated carbocycles. The number of amides is 2. The van der Waals surface area contributed by atoms with Gasteiger partial charge in [-0.2, -0.15) is 0 Å². The van der Waals surface area contributed by atoms with Crippen LogP contribution in [-0.2, 0) is 30.8 Å². The maximum atomic E-state index is 12.8. The Kier molecular flexibility index (Phi) is 5.90. The number of nitrogens with one attached hydrogen (secondary N) is 2. The van der Waals surface area contributed by atoms with E-state index in [9.17, 15) is 18.0 Å². The zero-order chi connectivity index (χ0) is 21.2. The van der Waals surface area contributed by atoms with Crippen LogP contribution in [0.25, 0.3) is 0 Å². The van der Waals surface area contributed by atoms with Crippen LogP contribution in [-0.4, -0.2) is 40.0 Å². The summed E-state index contributed by atoms with van der Waals surface area (Å²) in [5.74, 6) is -0.365. The number of sulfonamides is 1. The molecule has 8 nitrogen and oxygen atoms in total. The van der Waals surface area contributed by atoms with E-state index in [0.717, 1.165) is 11.3 Å². The van der Waals surface area contributed by atoms with Crippen LogP contribution in [0.5, 0.6) is 0 Å². The van der Waals surface area contributed by atoms with Crippen LogP contribution in [0.3, 0.4) is 0 Å². The summed E-state index contributed by atoms with van der Waals surface area (Å²) in [5.41, 5.74) is 2.48. The number of carbonyl (C=O) groups is 2. The second kappa shape index (κ2) is 8.22. The van der Waals surface area contributed by atoms with Gasteiger partial charge in [0.25, 0.3) is 10.0 Å². The van der Waals surface area contributed by atoms with E-state index < -0.39 is 10.0 Å². The predicted molar refractivity (Wildman–Crippen MR) is 111 cm³/mol. The summed E-state index contributed by atoms with van der Waals surface area (Å²) in [6.45, 7) is 3.37. The van der Waals surface area contributed by atoms with E-state index in [1.807, 2.05) is 6.92 Å². The standard InChI is InChI=1S/C20H23N3O5S/c1-13-10-15-11-18(8-9-19(15)23(13)14(2)24)29(26,27)22-17-6-4-16(5-7-17)21-20(25)12-28-3/h4-9,11,13,22H,10,12H2,1-3H3,(H,21,25). The molecule has 1 aliphatic rings. The molecule has 0 saturated heterocycles. The molecule has 0 spiro atoms. The Hall–Kier alpha value is -2.91. The molecule has 154 valence electrons. The number of benzene rings is 2. The number of hydrogen-bond acceptors (Lipinski definition) is 5. The number of carbonyl (C=O) groups excluding carboxylic acids is 2. The van der Waals surface area contributed by atoms with Gasteiger partial charge >= 0.3 is 0 Å². The minimum absolute atomic E-state index is 0.00530. The summed E-state index contributed by atoms with van der Waals surface area (Å²) in [4.78, 5) is 25.2. The van der Waals surface area contributed by atoms with Crippen molar-refractivity contribution in [3.05, 3.63) is 48.0 Å². The monoisotopic (exact) mass is 417 g/mol. The second-order valence-corrected chi connectivity index (χ2v) is 8.58. The van der Waals surface area contributed by atoms with Crippen LogP contribution < -0.4 is 14.9 Å². The van der Waals surface area contributed by atoms with Gasteiger partial charge in [0, 0.05) is 37.1 Å². The third kappa shape index (κ3) is 4.57. The normalized spacial score (nSPS) is 15.7. The van der Waals surface area contributed by atoms with Crippen molar-refractivity contribution in [3.63, 3.8) is 0 Å². The van der Waals surface area contributed by atoms with Crippen molar-refractivity contribution >= 4 is 38.9 Å². The third-order valence-corrected chi connectivity index (χ3v) is 5.99. The molecule has 0 aromatic heterocycles. The van der Waals surface area contributed by atoms with Crippen molar-refractivity contribution < 1.29 is 22.7 Å². The quantitative estimate of drug-likeness (QED) is 0.751.